The fourth-order valence-electron chi connectivity index (χ4n) is 2.19. The topological polar surface area (TPSA) is 79.5 Å². The standard InChI is InChI=1S/C19H21N3O3S/c1-25-12-6-11-20-17(23)15-9-5-10-16(13-15)21-19(26)22-18(24)14-7-3-2-4-8-14/h2-5,7-10,13H,6,11-12H2,1H3,(H,20,23)(H2,21,22,24,26). The number of rotatable bonds is 7. The van der Waals surface area contributed by atoms with Crippen LogP contribution in [0.4, 0.5) is 5.69 Å². The highest BCUT2D eigenvalue weighted by atomic mass is 32.1. The third-order valence-electron chi connectivity index (χ3n) is 3.46. The summed E-state index contributed by atoms with van der Waals surface area (Å²) in [5.74, 6) is -0.473. The summed E-state index contributed by atoms with van der Waals surface area (Å²) in [4.78, 5) is 24.2. The Labute approximate surface area is 157 Å². The van der Waals surface area contributed by atoms with Crippen LogP contribution >= 0.6 is 12.2 Å². The first-order valence-electron chi connectivity index (χ1n) is 8.14. The number of ether oxygens (including phenoxy) is 1. The summed E-state index contributed by atoms with van der Waals surface area (Å²) in [5.41, 5.74) is 1.64. The molecule has 0 heterocycles. The molecule has 2 amide bonds. The van der Waals surface area contributed by atoms with Crippen molar-refractivity contribution in [3.8, 4) is 0 Å². The van der Waals surface area contributed by atoms with Gasteiger partial charge in [0.15, 0.2) is 5.11 Å². The maximum absolute atomic E-state index is 12.1. The van der Waals surface area contributed by atoms with Gasteiger partial charge in [0.25, 0.3) is 11.8 Å². The second kappa shape index (κ2) is 10.3. The molecule has 2 aromatic carbocycles. The van der Waals surface area contributed by atoms with E-state index in [9.17, 15) is 9.59 Å². The van der Waals surface area contributed by atoms with Gasteiger partial charge in [-0.3, -0.25) is 14.9 Å². The number of amides is 2. The Morgan fingerprint density at radius 2 is 1.73 bits per heavy atom. The number of nitrogens with one attached hydrogen (secondary N) is 3. The molecule has 0 aliphatic rings. The van der Waals surface area contributed by atoms with Crippen molar-refractivity contribution in [2.45, 2.75) is 6.42 Å². The Hall–Kier alpha value is -2.77. The van der Waals surface area contributed by atoms with Gasteiger partial charge in [0.1, 0.15) is 0 Å². The van der Waals surface area contributed by atoms with Crippen LogP contribution in [-0.2, 0) is 4.74 Å². The molecule has 0 radical (unpaired) electrons. The van der Waals surface area contributed by atoms with E-state index in [0.29, 0.717) is 30.0 Å². The predicted octanol–water partition coefficient (Wildman–Crippen LogP) is 2.58. The van der Waals surface area contributed by atoms with Crippen molar-refractivity contribution in [2.24, 2.45) is 0 Å². The van der Waals surface area contributed by atoms with Gasteiger partial charge in [-0.1, -0.05) is 24.3 Å². The molecule has 7 heteroatoms. The molecule has 0 saturated heterocycles. The van der Waals surface area contributed by atoms with Gasteiger partial charge in [0.05, 0.1) is 0 Å². The molecule has 2 rings (SSSR count). The largest absolute Gasteiger partial charge is 0.385 e. The van der Waals surface area contributed by atoms with Gasteiger partial charge in [0, 0.05) is 37.1 Å². The molecule has 0 aliphatic carbocycles. The molecule has 3 N–H and O–H groups in total. The van der Waals surface area contributed by atoms with Crippen molar-refractivity contribution in [3.63, 3.8) is 0 Å². The summed E-state index contributed by atoms with van der Waals surface area (Å²) in [6.45, 7) is 1.13. The van der Waals surface area contributed by atoms with E-state index in [0.717, 1.165) is 6.42 Å². The van der Waals surface area contributed by atoms with Crippen LogP contribution < -0.4 is 16.0 Å². The lowest BCUT2D eigenvalue weighted by atomic mass is 10.2. The lowest BCUT2D eigenvalue weighted by molar-refractivity contribution is 0.0946. The average molecular weight is 371 g/mol. The van der Waals surface area contributed by atoms with Crippen LogP contribution in [0, 0.1) is 0 Å². The first-order valence-corrected chi connectivity index (χ1v) is 8.55. The summed E-state index contributed by atoms with van der Waals surface area (Å²) in [6.07, 6.45) is 0.746. The van der Waals surface area contributed by atoms with Crippen LogP contribution in [-0.4, -0.2) is 37.2 Å². The van der Waals surface area contributed by atoms with Gasteiger partial charge in [0.2, 0.25) is 0 Å². The Morgan fingerprint density at radius 1 is 1.00 bits per heavy atom. The second-order valence-corrected chi connectivity index (χ2v) is 5.87. The summed E-state index contributed by atoms with van der Waals surface area (Å²) in [5, 5.41) is 8.50. The van der Waals surface area contributed by atoms with Crippen molar-refractivity contribution >= 4 is 34.8 Å². The molecule has 0 fully saturated rings. The van der Waals surface area contributed by atoms with Gasteiger partial charge in [-0.2, -0.15) is 0 Å². The molecule has 0 unspecified atom stereocenters. The number of anilines is 1. The van der Waals surface area contributed by atoms with Gasteiger partial charge in [-0.05, 0) is 49.0 Å². The van der Waals surface area contributed by atoms with Crippen molar-refractivity contribution in [3.05, 3.63) is 65.7 Å². The number of benzene rings is 2. The zero-order chi connectivity index (χ0) is 18.8. The zero-order valence-electron chi connectivity index (χ0n) is 14.5. The smallest absolute Gasteiger partial charge is 0.257 e. The number of methoxy groups -OCH3 is 1. The maximum Gasteiger partial charge on any atom is 0.257 e. The van der Waals surface area contributed by atoms with E-state index in [-0.39, 0.29) is 16.9 Å². The third kappa shape index (κ3) is 6.27. The molecule has 6 nitrogen and oxygen atoms in total. The van der Waals surface area contributed by atoms with Gasteiger partial charge < -0.3 is 15.4 Å². The van der Waals surface area contributed by atoms with Crippen molar-refractivity contribution in [2.75, 3.05) is 25.6 Å². The highest BCUT2D eigenvalue weighted by Gasteiger charge is 2.09. The van der Waals surface area contributed by atoms with Crippen LogP contribution in [0.1, 0.15) is 27.1 Å². The molecule has 26 heavy (non-hydrogen) atoms. The molecule has 2 aromatic rings. The van der Waals surface area contributed by atoms with Crippen LogP contribution in [0.25, 0.3) is 0 Å². The molecular formula is C19H21N3O3S. The normalized spacial score (nSPS) is 10.0. The molecule has 136 valence electrons. The van der Waals surface area contributed by atoms with E-state index >= 15 is 0 Å². The van der Waals surface area contributed by atoms with E-state index in [1.807, 2.05) is 6.07 Å². The highest BCUT2D eigenvalue weighted by Crippen LogP contribution is 2.11. The summed E-state index contributed by atoms with van der Waals surface area (Å²) in [6, 6.07) is 15.7. The minimum atomic E-state index is -0.296. The molecular weight excluding hydrogens is 350 g/mol. The van der Waals surface area contributed by atoms with E-state index in [1.54, 1.807) is 55.6 Å². The van der Waals surface area contributed by atoms with Crippen LogP contribution in [0.5, 0.6) is 0 Å². The van der Waals surface area contributed by atoms with Crippen LogP contribution in [0.15, 0.2) is 54.6 Å². The second-order valence-electron chi connectivity index (χ2n) is 5.46. The van der Waals surface area contributed by atoms with E-state index in [4.69, 9.17) is 17.0 Å². The monoisotopic (exact) mass is 371 g/mol. The highest BCUT2D eigenvalue weighted by molar-refractivity contribution is 7.80. The third-order valence-corrected chi connectivity index (χ3v) is 3.66. The van der Waals surface area contributed by atoms with E-state index < -0.39 is 0 Å². The fourth-order valence-corrected chi connectivity index (χ4v) is 2.40. The Morgan fingerprint density at radius 3 is 2.46 bits per heavy atom. The van der Waals surface area contributed by atoms with Crippen LogP contribution in [0.3, 0.4) is 0 Å². The fraction of sp³-hybridized carbons (Fsp3) is 0.211. The molecule has 0 atom stereocenters. The first kappa shape index (κ1) is 19.6. The molecule has 0 spiro atoms. The lowest BCUT2D eigenvalue weighted by Gasteiger charge is -2.11. The summed E-state index contributed by atoms with van der Waals surface area (Å²) >= 11 is 5.16. The quantitative estimate of drug-likeness (QED) is 0.515. The Bertz CT molecular complexity index is 766. The number of hydrogen-bond acceptors (Lipinski definition) is 4. The Kier molecular flexibility index (Phi) is 7.73. The van der Waals surface area contributed by atoms with Crippen LogP contribution in [0.2, 0.25) is 0 Å². The lowest BCUT2D eigenvalue weighted by Crippen LogP contribution is -2.34. The minimum absolute atomic E-state index is 0.163. The predicted molar refractivity (Wildman–Crippen MR) is 105 cm³/mol. The SMILES string of the molecule is COCCCNC(=O)c1cccc(NC(=S)NC(=O)c2ccccc2)c1. The summed E-state index contributed by atoms with van der Waals surface area (Å²) < 4.78 is 4.95. The van der Waals surface area contributed by atoms with Crippen molar-refractivity contribution < 1.29 is 14.3 Å². The van der Waals surface area contributed by atoms with Crippen molar-refractivity contribution in [1.29, 1.82) is 0 Å². The molecule has 0 aliphatic heterocycles. The molecule has 0 bridgehead atoms. The number of hydrogen-bond donors (Lipinski definition) is 3. The maximum atomic E-state index is 12.1. The van der Waals surface area contributed by atoms with E-state index in [2.05, 4.69) is 16.0 Å². The van der Waals surface area contributed by atoms with Gasteiger partial charge >= 0.3 is 0 Å². The zero-order valence-corrected chi connectivity index (χ0v) is 15.3. The number of carbonyl (C=O) groups excluding carboxylic acids is 2. The van der Waals surface area contributed by atoms with Crippen molar-refractivity contribution in [1.82, 2.24) is 10.6 Å². The van der Waals surface area contributed by atoms with Gasteiger partial charge in [-0.25, -0.2) is 0 Å². The van der Waals surface area contributed by atoms with Gasteiger partial charge in [-0.15, -0.1) is 0 Å². The molecule has 0 saturated carbocycles. The summed E-state index contributed by atoms with van der Waals surface area (Å²) in [7, 11) is 1.62. The molecule has 0 aromatic heterocycles. The minimum Gasteiger partial charge on any atom is -0.385 e. The Balaban J connectivity index is 1.90. The number of thiocarbonyl (C=S) groups is 1. The first-order chi connectivity index (χ1) is 12.6. The average Bonchev–Trinajstić information content (AvgIpc) is 2.66. The number of carbonyl (C=O) groups is 2. The van der Waals surface area contributed by atoms with E-state index in [1.165, 1.54) is 0 Å².